The lowest BCUT2D eigenvalue weighted by molar-refractivity contribution is -0.302. The molecule has 2 aliphatic heterocycles. The van der Waals surface area contributed by atoms with Crippen molar-refractivity contribution in [3.8, 4) is 11.5 Å². The van der Waals surface area contributed by atoms with Gasteiger partial charge in [0.2, 0.25) is 5.91 Å². The first-order valence-corrected chi connectivity index (χ1v) is 15.7. The van der Waals surface area contributed by atoms with Gasteiger partial charge in [0.1, 0.15) is 6.10 Å². The second-order valence-corrected chi connectivity index (χ2v) is 12.9. The smallest absolute Gasteiger partial charge is 0.234 e. The van der Waals surface area contributed by atoms with E-state index in [1.54, 1.807) is 14.2 Å². The molecular formula is C35H53NO6. The topological polar surface area (TPSA) is 69.6 Å². The number of benzene rings is 2. The summed E-state index contributed by atoms with van der Waals surface area (Å²) in [6, 6.07) is 16.7. The van der Waals surface area contributed by atoms with Crippen molar-refractivity contribution >= 4 is 0 Å². The van der Waals surface area contributed by atoms with E-state index in [4.69, 9.17) is 23.7 Å². The average molecular weight is 584 g/mol. The van der Waals surface area contributed by atoms with Gasteiger partial charge in [-0.2, -0.15) is 0 Å². The molecule has 2 aromatic rings. The highest BCUT2D eigenvalue weighted by Gasteiger charge is 2.62. The van der Waals surface area contributed by atoms with Gasteiger partial charge in [0.15, 0.2) is 11.5 Å². The number of ether oxygens (including phenoxy) is 5. The van der Waals surface area contributed by atoms with Gasteiger partial charge in [0, 0.05) is 32.1 Å². The minimum Gasteiger partial charge on any atom is -0.493 e. The van der Waals surface area contributed by atoms with Gasteiger partial charge in [-0.15, -0.1) is 0 Å². The Labute approximate surface area is 253 Å². The average Bonchev–Trinajstić information content (AvgIpc) is 3.49. The maximum atomic E-state index is 11.7. The molecule has 4 rings (SSSR count). The van der Waals surface area contributed by atoms with Crippen molar-refractivity contribution in [3.05, 3.63) is 59.7 Å². The number of likely N-dealkylation sites (N-methyl/N-ethyl adjacent to an activating group) is 1. The lowest BCUT2D eigenvalue weighted by Crippen LogP contribution is -2.51. The molecular weight excluding hydrogens is 530 g/mol. The summed E-state index contributed by atoms with van der Waals surface area (Å²) in [5.74, 6) is 1.77. The summed E-state index contributed by atoms with van der Waals surface area (Å²) in [6.07, 6.45) is 2.10. The first-order valence-electron chi connectivity index (χ1n) is 15.7. The van der Waals surface area contributed by atoms with E-state index in [2.05, 4.69) is 83.0 Å². The van der Waals surface area contributed by atoms with Gasteiger partial charge in [-0.25, -0.2) is 4.90 Å². The SMILES string of the molecule is COCCCOc1cc(C[C@@H](C[C@@H](O)[C@@H]2C[C@@H](C(C)C)[C@]3(O2)O[C@@H](c2ccccc2)[C@H](C)N3C)C(C)C)ccc1OC. The fourth-order valence-electron chi connectivity index (χ4n) is 6.68. The molecule has 0 amide bonds. The van der Waals surface area contributed by atoms with Crippen LogP contribution in [0.2, 0.25) is 0 Å². The number of aliphatic hydroxyl groups excluding tert-OH is 1. The van der Waals surface area contributed by atoms with E-state index in [1.807, 2.05) is 12.1 Å². The Hall–Kier alpha value is -2.16. The van der Waals surface area contributed by atoms with E-state index >= 15 is 0 Å². The molecule has 42 heavy (non-hydrogen) atoms. The van der Waals surface area contributed by atoms with Gasteiger partial charge in [-0.3, -0.25) is 0 Å². The molecule has 1 spiro atoms. The minimum atomic E-state index is -0.849. The monoisotopic (exact) mass is 583 g/mol. The van der Waals surface area contributed by atoms with Crippen molar-refractivity contribution in [1.82, 2.24) is 4.90 Å². The van der Waals surface area contributed by atoms with Crippen molar-refractivity contribution in [3.63, 3.8) is 0 Å². The van der Waals surface area contributed by atoms with Crippen LogP contribution in [-0.2, 0) is 20.6 Å². The summed E-state index contributed by atoms with van der Waals surface area (Å²) in [5, 5.41) is 11.7. The first-order chi connectivity index (χ1) is 20.1. The molecule has 2 aromatic carbocycles. The van der Waals surface area contributed by atoms with Crippen LogP contribution in [0.25, 0.3) is 0 Å². The largest absolute Gasteiger partial charge is 0.493 e. The Morgan fingerprint density at radius 3 is 2.38 bits per heavy atom. The van der Waals surface area contributed by atoms with E-state index in [9.17, 15) is 5.11 Å². The summed E-state index contributed by atoms with van der Waals surface area (Å²) >= 11 is 0. The second kappa shape index (κ2) is 14.5. The maximum Gasteiger partial charge on any atom is 0.234 e. The van der Waals surface area contributed by atoms with Crippen LogP contribution in [0, 0.1) is 23.7 Å². The van der Waals surface area contributed by atoms with Gasteiger partial charge in [0.05, 0.1) is 25.9 Å². The molecule has 0 bridgehead atoms. The molecule has 0 radical (unpaired) electrons. The lowest BCUT2D eigenvalue weighted by atomic mass is 9.82. The third-order valence-electron chi connectivity index (χ3n) is 9.44. The highest BCUT2D eigenvalue weighted by Crippen LogP contribution is 2.53. The molecule has 0 saturated carbocycles. The Morgan fingerprint density at radius 2 is 1.74 bits per heavy atom. The summed E-state index contributed by atoms with van der Waals surface area (Å²) in [5.41, 5.74) is 2.33. The van der Waals surface area contributed by atoms with Gasteiger partial charge in [-0.05, 0) is 74.2 Å². The third-order valence-corrected chi connectivity index (χ3v) is 9.44. The molecule has 7 atom stereocenters. The lowest BCUT2D eigenvalue weighted by Gasteiger charge is -2.38. The number of rotatable bonds is 14. The highest BCUT2D eigenvalue weighted by molar-refractivity contribution is 5.43. The maximum absolute atomic E-state index is 11.7. The zero-order valence-electron chi connectivity index (χ0n) is 26.9. The van der Waals surface area contributed by atoms with Gasteiger partial charge >= 0.3 is 0 Å². The number of aliphatic hydroxyl groups is 1. The Bertz CT molecular complexity index is 1110. The molecule has 2 aliphatic rings. The highest BCUT2D eigenvalue weighted by atomic mass is 16.7. The van der Waals surface area contributed by atoms with Crippen molar-refractivity contribution in [2.24, 2.45) is 23.7 Å². The fraction of sp³-hybridized carbons (Fsp3) is 0.657. The normalized spacial score (nSPS) is 27.7. The summed E-state index contributed by atoms with van der Waals surface area (Å²) in [7, 11) is 5.47. The van der Waals surface area contributed by atoms with Crippen molar-refractivity contribution in [2.45, 2.75) is 90.6 Å². The van der Waals surface area contributed by atoms with E-state index in [0.29, 0.717) is 31.5 Å². The van der Waals surface area contributed by atoms with E-state index < -0.39 is 12.0 Å². The molecule has 0 unspecified atom stereocenters. The molecule has 7 nitrogen and oxygen atoms in total. The zero-order chi connectivity index (χ0) is 30.4. The van der Waals surface area contributed by atoms with Crippen LogP contribution in [0.3, 0.4) is 0 Å². The predicted octanol–water partition coefficient (Wildman–Crippen LogP) is 6.48. The van der Waals surface area contributed by atoms with E-state index in [-0.39, 0.29) is 30.1 Å². The fourth-order valence-corrected chi connectivity index (χ4v) is 6.68. The summed E-state index contributed by atoms with van der Waals surface area (Å²) in [6.45, 7) is 12.4. The van der Waals surface area contributed by atoms with Gasteiger partial charge in [-0.1, -0.05) is 64.1 Å². The van der Waals surface area contributed by atoms with Crippen LogP contribution in [0.1, 0.15) is 71.1 Å². The number of nitrogens with zero attached hydrogens (tertiary/aromatic N) is 1. The van der Waals surface area contributed by atoms with Crippen molar-refractivity contribution < 1.29 is 28.8 Å². The Morgan fingerprint density at radius 1 is 1.00 bits per heavy atom. The molecule has 1 N–H and O–H groups in total. The Kier molecular flexibility index (Phi) is 11.3. The number of methoxy groups -OCH3 is 2. The van der Waals surface area contributed by atoms with Crippen LogP contribution >= 0.6 is 0 Å². The molecule has 7 heteroatoms. The Balaban J connectivity index is 1.47. The summed E-state index contributed by atoms with van der Waals surface area (Å²) < 4.78 is 30.4. The van der Waals surface area contributed by atoms with Crippen LogP contribution in [-0.4, -0.2) is 68.6 Å². The summed E-state index contributed by atoms with van der Waals surface area (Å²) in [4.78, 5) is 2.26. The molecule has 234 valence electrons. The van der Waals surface area contributed by atoms with E-state index in [0.717, 1.165) is 36.3 Å². The van der Waals surface area contributed by atoms with Crippen LogP contribution in [0.5, 0.6) is 11.5 Å². The standard InChI is InChI=1S/C35H53NO6/c1-23(2)28(19-26-15-16-31(39-8)33(20-26)40-18-12-17-38-7)21-30(37)32-22-29(24(3)4)35(41-32)36(6)25(5)34(42-35)27-13-10-9-11-14-27/h9-11,13-16,20,23-25,28-30,32,34,37H,12,17-19,21-22H2,1-8H3/t25-,28-,29-,30+,32-,34+,35-/m0/s1. The molecule has 2 saturated heterocycles. The van der Waals surface area contributed by atoms with Crippen LogP contribution in [0.15, 0.2) is 48.5 Å². The quantitative estimate of drug-likeness (QED) is 0.255. The molecule has 2 fully saturated rings. The van der Waals surface area contributed by atoms with Crippen molar-refractivity contribution in [1.29, 1.82) is 0 Å². The van der Waals surface area contributed by atoms with Crippen molar-refractivity contribution in [2.75, 3.05) is 34.5 Å². The van der Waals surface area contributed by atoms with Crippen LogP contribution < -0.4 is 9.47 Å². The third kappa shape index (κ3) is 7.13. The van der Waals surface area contributed by atoms with Crippen LogP contribution in [0.4, 0.5) is 0 Å². The predicted molar refractivity (Wildman–Crippen MR) is 166 cm³/mol. The number of hydrogen-bond donors (Lipinski definition) is 1. The molecule has 0 aromatic heterocycles. The van der Waals surface area contributed by atoms with E-state index in [1.165, 1.54) is 5.56 Å². The second-order valence-electron chi connectivity index (χ2n) is 12.9. The zero-order valence-corrected chi connectivity index (χ0v) is 26.9. The van der Waals surface area contributed by atoms with Gasteiger partial charge < -0.3 is 28.8 Å². The number of hydrogen-bond acceptors (Lipinski definition) is 7. The first kappa shape index (κ1) is 32.7. The minimum absolute atomic E-state index is 0.0854. The molecule has 2 heterocycles. The van der Waals surface area contributed by atoms with Gasteiger partial charge in [0.25, 0.3) is 0 Å². The molecule has 0 aliphatic carbocycles.